The van der Waals surface area contributed by atoms with E-state index in [-0.39, 0.29) is 0 Å². The second kappa shape index (κ2) is 5.16. The average Bonchev–Trinajstić information content (AvgIpc) is 2.28. The Morgan fingerprint density at radius 3 is 2.36 bits per heavy atom. The van der Waals surface area contributed by atoms with Crippen molar-refractivity contribution < 1.29 is 4.84 Å². The lowest BCUT2D eigenvalue weighted by Gasteiger charge is -2.04. The molecule has 0 N–H and O–H groups in total. The van der Waals surface area contributed by atoms with Crippen molar-refractivity contribution in [1.82, 2.24) is 0 Å². The Morgan fingerprint density at radius 2 is 1.82 bits per heavy atom. The van der Waals surface area contributed by atoms with E-state index in [1.54, 1.807) is 7.11 Å². The molecule has 0 aromatic carbocycles. The van der Waals surface area contributed by atoms with Crippen LogP contribution < -0.4 is 0 Å². The van der Waals surface area contributed by atoms with E-state index in [4.69, 9.17) is 0 Å². The van der Waals surface area contributed by atoms with Crippen LogP contribution in [0.3, 0.4) is 0 Å². The van der Waals surface area contributed by atoms with E-state index >= 15 is 0 Å². The van der Waals surface area contributed by atoms with Crippen LogP contribution in [-0.2, 0) is 4.84 Å². The van der Waals surface area contributed by atoms with Crippen molar-refractivity contribution >= 4 is 6.21 Å². The van der Waals surface area contributed by atoms with Crippen LogP contribution in [0.4, 0.5) is 0 Å². The predicted molar refractivity (Wildman–Crippen MR) is 46.7 cm³/mol. The minimum atomic E-state index is 0.678. The molecule has 1 rings (SSSR count). The number of hydrogen-bond acceptors (Lipinski definition) is 2. The van der Waals surface area contributed by atoms with Gasteiger partial charge in [0.2, 0.25) is 0 Å². The SMILES string of the molecule is CO/N=C/C1CCCCCC1. The molecule has 0 radical (unpaired) electrons. The van der Waals surface area contributed by atoms with Gasteiger partial charge in [-0.1, -0.05) is 30.8 Å². The van der Waals surface area contributed by atoms with Crippen molar-refractivity contribution in [3.63, 3.8) is 0 Å². The van der Waals surface area contributed by atoms with Gasteiger partial charge in [-0.05, 0) is 18.8 Å². The highest BCUT2D eigenvalue weighted by molar-refractivity contribution is 5.59. The molecule has 2 nitrogen and oxygen atoms in total. The van der Waals surface area contributed by atoms with Gasteiger partial charge in [-0.25, -0.2) is 0 Å². The Labute approximate surface area is 68.6 Å². The van der Waals surface area contributed by atoms with Gasteiger partial charge in [0.15, 0.2) is 0 Å². The first-order valence-electron chi connectivity index (χ1n) is 4.50. The van der Waals surface area contributed by atoms with Gasteiger partial charge >= 0.3 is 0 Å². The number of hydrogen-bond donors (Lipinski definition) is 0. The second-order valence-electron chi connectivity index (χ2n) is 3.19. The highest BCUT2D eigenvalue weighted by Crippen LogP contribution is 2.21. The molecule has 0 aromatic heterocycles. The molecule has 0 aliphatic heterocycles. The second-order valence-corrected chi connectivity index (χ2v) is 3.19. The fourth-order valence-corrected chi connectivity index (χ4v) is 1.61. The van der Waals surface area contributed by atoms with E-state index in [0.29, 0.717) is 5.92 Å². The number of nitrogens with zero attached hydrogens (tertiary/aromatic N) is 1. The third-order valence-corrected chi connectivity index (χ3v) is 2.28. The molecule has 0 unspecified atom stereocenters. The zero-order chi connectivity index (χ0) is 7.94. The van der Waals surface area contributed by atoms with Gasteiger partial charge in [0, 0.05) is 6.21 Å². The highest BCUT2D eigenvalue weighted by atomic mass is 16.6. The maximum absolute atomic E-state index is 4.65. The summed E-state index contributed by atoms with van der Waals surface area (Å²) in [7, 11) is 1.60. The molecule has 0 saturated heterocycles. The van der Waals surface area contributed by atoms with Gasteiger partial charge in [-0.15, -0.1) is 0 Å². The first kappa shape index (κ1) is 8.57. The molecule has 11 heavy (non-hydrogen) atoms. The molecule has 0 amide bonds. The molecular formula is C9H17NO. The first-order valence-corrected chi connectivity index (χ1v) is 4.50. The molecule has 0 atom stereocenters. The van der Waals surface area contributed by atoms with Gasteiger partial charge in [0.1, 0.15) is 7.11 Å². The smallest absolute Gasteiger partial charge is 0.106 e. The van der Waals surface area contributed by atoms with Crippen molar-refractivity contribution in [3.8, 4) is 0 Å². The molecule has 1 saturated carbocycles. The Balaban J connectivity index is 2.25. The lowest BCUT2D eigenvalue weighted by Crippen LogP contribution is -1.99. The van der Waals surface area contributed by atoms with Crippen LogP contribution >= 0.6 is 0 Å². The van der Waals surface area contributed by atoms with Crippen LogP contribution in [-0.4, -0.2) is 13.3 Å². The molecule has 1 aliphatic rings. The van der Waals surface area contributed by atoms with Crippen LogP contribution in [0.5, 0.6) is 0 Å². The zero-order valence-corrected chi connectivity index (χ0v) is 7.25. The topological polar surface area (TPSA) is 21.6 Å². The van der Waals surface area contributed by atoms with Crippen molar-refractivity contribution in [2.45, 2.75) is 38.5 Å². The standard InChI is InChI=1S/C9H17NO/c1-11-10-8-9-6-4-2-3-5-7-9/h8-9H,2-7H2,1H3/b10-8+. The summed E-state index contributed by atoms with van der Waals surface area (Å²) in [5, 5.41) is 3.81. The van der Waals surface area contributed by atoms with Crippen molar-refractivity contribution in [1.29, 1.82) is 0 Å². The van der Waals surface area contributed by atoms with Crippen molar-refractivity contribution in [2.24, 2.45) is 11.1 Å². The minimum Gasteiger partial charge on any atom is -0.399 e. The number of oxime groups is 1. The molecule has 0 spiro atoms. The summed E-state index contributed by atoms with van der Waals surface area (Å²) in [6, 6.07) is 0. The van der Waals surface area contributed by atoms with Gasteiger partial charge in [-0.2, -0.15) is 0 Å². The summed E-state index contributed by atoms with van der Waals surface area (Å²) in [4.78, 5) is 4.65. The maximum Gasteiger partial charge on any atom is 0.106 e. The van der Waals surface area contributed by atoms with Crippen LogP contribution in [0.25, 0.3) is 0 Å². The molecule has 64 valence electrons. The highest BCUT2D eigenvalue weighted by Gasteiger charge is 2.09. The Morgan fingerprint density at radius 1 is 1.18 bits per heavy atom. The normalized spacial score (nSPS) is 21.9. The summed E-state index contributed by atoms with van der Waals surface area (Å²) in [5.74, 6) is 0.678. The molecule has 1 fully saturated rings. The van der Waals surface area contributed by atoms with E-state index in [1.165, 1.54) is 38.5 Å². The van der Waals surface area contributed by atoms with Crippen LogP contribution in [0.1, 0.15) is 38.5 Å². The van der Waals surface area contributed by atoms with Crippen LogP contribution in [0.2, 0.25) is 0 Å². The minimum absolute atomic E-state index is 0.678. The summed E-state index contributed by atoms with van der Waals surface area (Å²) in [6.07, 6.45) is 10.1. The molecule has 1 aliphatic carbocycles. The molecule has 0 bridgehead atoms. The largest absolute Gasteiger partial charge is 0.399 e. The average molecular weight is 155 g/mol. The Bertz CT molecular complexity index is 115. The fraction of sp³-hybridized carbons (Fsp3) is 0.889. The van der Waals surface area contributed by atoms with E-state index in [1.807, 2.05) is 6.21 Å². The Kier molecular flexibility index (Phi) is 4.02. The van der Waals surface area contributed by atoms with E-state index in [0.717, 1.165) is 0 Å². The van der Waals surface area contributed by atoms with Gasteiger partial charge in [-0.3, -0.25) is 0 Å². The number of rotatable bonds is 2. The summed E-state index contributed by atoms with van der Waals surface area (Å²) in [5.41, 5.74) is 0. The van der Waals surface area contributed by atoms with Crippen molar-refractivity contribution in [2.75, 3.05) is 7.11 Å². The first-order chi connectivity index (χ1) is 5.43. The quantitative estimate of drug-likeness (QED) is 0.341. The molecule has 0 aromatic rings. The summed E-state index contributed by atoms with van der Waals surface area (Å²) >= 11 is 0. The molecule has 0 heterocycles. The molecular weight excluding hydrogens is 138 g/mol. The predicted octanol–water partition coefficient (Wildman–Crippen LogP) is 2.59. The monoisotopic (exact) mass is 155 g/mol. The van der Waals surface area contributed by atoms with E-state index in [2.05, 4.69) is 9.99 Å². The maximum atomic E-state index is 4.65. The Hall–Kier alpha value is -0.530. The van der Waals surface area contributed by atoms with Crippen LogP contribution in [0, 0.1) is 5.92 Å². The summed E-state index contributed by atoms with van der Waals surface area (Å²) in [6.45, 7) is 0. The van der Waals surface area contributed by atoms with Crippen molar-refractivity contribution in [3.05, 3.63) is 0 Å². The molecule has 2 heteroatoms. The lowest BCUT2D eigenvalue weighted by molar-refractivity contribution is 0.213. The van der Waals surface area contributed by atoms with E-state index in [9.17, 15) is 0 Å². The summed E-state index contributed by atoms with van der Waals surface area (Å²) < 4.78 is 0. The van der Waals surface area contributed by atoms with E-state index < -0.39 is 0 Å². The fourth-order valence-electron chi connectivity index (χ4n) is 1.61. The van der Waals surface area contributed by atoms with Crippen LogP contribution in [0.15, 0.2) is 5.16 Å². The zero-order valence-electron chi connectivity index (χ0n) is 7.25. The van der Waals surface area contributed by atoms with Gasteiger partial charge in [0.05, 0.1) is 0 Å². The van der Waals surface area contributed by atoms with Gasteiger partial charge < -0.3 is 4.84 Å². The third-order valence-electron chi connectivity index (χ3n) is 2.28. The third kappa shape index (κ3) is 3.40. The lowest BCUT2D eigenvalue weighted by atomic mass is 10.0. The van der Waals surface area contributed by atoms with Gasteiger partial charge in [0.25, 0.3) is 0 Å².